The number of halogens is 5. The molecular weight excluding hydrogens is 581 g/mol. The van der Waals surface area contributed by atoms with Gasteiger partial charge in [-0.1, -0.05) is 0 Å². The van der Waals surface area contributed by atoms with E-state index in [1.54, 1.807) is 0 Å². The fourth-order valence-electron chi connectivity index (χ4n) is 4.72. The SMILES string of the molecule is COc1cc(N2C[C@@H](c3c(F)cc(OC)cc3F)C(CNC(=O)c3ccc(OC(F)(F)F)cc3)C2=O)nc(C(C)(C)O)c1. The van der Waals surface area contributed by atoms with Crippen LogP contribution in [0.5, 0.6) is 17.2 Å². The van der Waals surface area contributed by atoms with E-state index in [0.717, 1.165) is 36.4 Å². The van der Waals surface area contributed by atoms with Crippen molar-refractivity contribution in [2.45, 2.75) is 31.7 Å². The van der Waals surface area contributed by atoms with Crippen LogP contribution in [0.2, 0.25) is 0 Å². The zero-order valence-electron chi connectivity index (χ0n) is 23.5. The average Bonchev–Trinajstić information content (AvgIpc) is 3.25. The molecule has 0 saturated carbocycles. The lowest BCUT2D eigenvalue weighted by Crippen LogP contribution is -2.36. The third-order valence-corrected chi connectivity index (χ3v) is 6.86. The van der Waals surface area contributed by atoms with Gasteiger partial charge in [-0.15, -0.1) is 13.2 Å². The molecule has 230 valence electrons. The van der Waals surface area contributed by atoms with Crippen molar-refractivity contribution < 1.29 is 50.9 Å². The van der Waals surface area contributed by atoms with Gasteiger partial charge in [0.25, 0.3) is 5.91 Å². The van der Waals surface area contributed by atoms with E-state index in [-0.39, 0.29) is 41.7 Å². The number of aliphatic hydroxyl groups is 1. The van der Waals surface area contributed by atoms with Gasteiger partial charge in [0, 0.05) is 54.4 Å². The second kappa shape index (κ2) is 12.0. The molecule has 1 aliphatic heterocycles. The lowest BCUT2D eigenvalue weighted by atomic mass is 9.87. The van der Waals surface area contributed by atoms with E-state index >= 15 is 8.78 Å². The number of nitrogens with one attached hydrogen (secondary N) is 1. The zero-order valence-corrected chi connectivity index (χ0v) is 23.5. The van der Waals surface area contributed by atoms with Crippen LogP contribution in [0.15, 0.2) is 48.5 Å². The number of pyridine rings is 1. The quantitative estimate of drug-likeness (QED) is 0.339. The highest BCUT2D eigenvalue weighted by atomic mass is 19.4. The maximum absolute atomic E-state index is 15.2. The number of nitrogens with zero attached hydrogens (tertiary/aromatic N) is 2. The first-order valence-corrected chi connectivity index (χ1v) is 12.9. The van der Waals surface area contributed by atoms with E-state index in [4.69, 9.17) is 9.47 Å². The number of hydrogen-bond acceptors (Lipinski definition) is 7. The van der Waals surface area contributed by atoms with Crippen LogP contribution in [0.1, 0.15) is 41.4 Å². The van der Waals surface area contributed by atoms with Gasteiger partial charge in [0.2, 0.25) is 5.91 Å². The number of alkyl halides is 3. The number of carbonyl (C=O) groups excluding carboxylic acids is 2. The summed E-state index contributed by atoms with van der Waals surface area (Å²) in [6.07, 6.45) is -4.91. The van der Waals surface area contributed by atoms with E-state index in [1.165, 1.54) is 45.1 Å². The molecule has 0 aliphatic carbocycles. The largest absolute Gasteiger partial charge is 0.573 e. The van der Waals surface area contributed by atoms with Gasteiger partial charge in [-0.05, 0) is 38.1 Å². The lowest BCUT2D eigenvalue weighted by molar-refractivity contribution is -0.274. The van der Waals surface area contributed by atoms with Crippen molar-refractivity contribution in [2.75, 3.05) is 32.2 Å². The highest BCUT2D eigenvalue weighted by Crippen LogP contribution is 2.40. The maximum atomic E-state index is 15.2. The highest BCUT2D eigenvalue weighted by molar-refractivity contribution is 5.99. The predicted octanol–water partition coefficient (Wildman–Crippen LogP) is 4.68. The standard InChI is InChI=1S/C29H28F5N3O6/c1-28(2,40)23-11-18(42-4)12-24(36-23)37-14-20(25-21(30)9-17(41-3)10-22(25)31)19(27(37)39)13-35-26(38)15-5-7-16(8-6-15)43-29(32,33)34/h5-12,19-20,40H,13-14H2,1-4H3,(H,35,38)/t19?,20-/m1/s1. The second-order valence-corrected chi connectivity index (χ2v) is 10.3. The summed E-state index contributed by atoms with van der Waals surface area (Å²) in [5.41, 5.74) is -1.70. The Morgan fingerprint density at radius 2 is 1.58 bits per heavy atom. The van der Waals surface area contributed by atoms with Gasteiger partial charge in [0.05, 0.1) is 25.8 Å². The topological polar surface area (TPSA) is 110 Å². The van der Waals surface area contributed by atoms with Gasteiger partial charge >= 0.3 is 6.36 Å². The van der Waals surface area contributed by atoms with E-state index in [1.807, 2.05) is 0 Å². The summed E-state index contributed by atoms with van der Waals surface area (Å²) in [6, 6.07) is 8.94. The highest BCUT2D eigenvalue weighted by Gasteiger charge is 2.45. The van der Waals surface area contributed by atoms with Crippen LogP contribution in [-0.4, -0.2) is 55.6 Å². The number of methoxy groups -OCH3 is 2. The van der Waals surface area contributed by atoms with Crippen molar-refractivity contribution >= 4 is 17.6 Å². The van der Waals surface area contributed by atoms with Crippen molar-refractivity contribution in [3.05, 3.63) is 77.0 Å². The predicted molar refractivity (Wildman–Crippen MR) is 143 cm³/mol. The number of carbonyl (C=O) groups is 2. The van der Waals surface area contributed by atoms with Gasteiger partial charge in [0.1, 0.15) is 40.3 Å². The second-order valence-electron chi connectivity index (χ2n) is 10.3. The summed E-state index contributed by atoms with van der Waals surface area (Å²) in [5.74, 6) is -5.91. The van der Waals surface area contributed by atoms with Gasteiger partial charge in [0.15, 0.2) is 0 Å². The minimum atomic E-state index is -4.91. The number of ether oxygens (including phenoxy) is 3. The number of amides is 2. The molecule has 0 spiro atoms. The van der Waals surface area contributed by atoms with E-state index < -0.39 is 58.6 Å². The number of anilines is 1. The molecule has 0 radical (unpaired) electrons. The summed E-state index contributed by atoms with van der Waals surface area (Å²) in [6.45, 7) is 2.34. The minimum absolute atomic E-state index is 0.0422. The summed E-state index contributed by atoms with van der Waals surface area (Å²) >= 11 is 0. The molecule has 14 heteroatoms. The Kier molecular flexibility index (Phi) is 8.81. The molecule has 4 rings (SSSR count). The Labute approximate surface area is 243 Å². The average molecular weight is 610 g/mol. The van der Waals surface area contributed by atoms with Crippen molar-refractivity contribution in [1.82, 2.24) is 10.3 Å². The van der Waals surface area contributed by atoms with Gasteiger partial charge in [-0.3, -0.25) is 14.5 Å². The van der Waals surface area contributed by atoms with Gasteiger partial charge in [-0.25, -0.2) is 13.8 Å². The third kappa shape index (κ3) is 7.13. The number of aromatic nitrogens is 1. The number of rotatable bonds is 9. The van der Waals surface area contributed by atoms with Crippen molar-refractivity contribution in [3.8, 4) is 17.2 Å². The molecule has 0 bridgehead atoms. The maximum Gasteiger partial charge on any atom is 0.573 e. The smallest absolute Gasteiger partial charge is 0.497 e. The van der Waals surface area contributed by atoms with Crippen molar-refractivity contribution in [1.29, 1.82) is 0 Å². The van der Waals surface area contributed by atoms with Crippen LogP contribution in [0.3, 0.4) is 0 Å². The normalized spacial score (nSPS) is 17.2. The summed E-state index contributed by atoms with van der Waals surface area (Å²) < 4.78 is 81.9. The molecule has 3 aromatic rings. The first kappa shape index (κ1) is 31.5. The summed E-state index contributed by atoms with van der Waals surface area (Å²) in [7, 11) is 2.62. The van der Waals surface area contributed by atoms with Gasteiger partial charge in [-0.2, -0.15) is 0 Å². The molecule has 2 N–H and O–H groups in total. The summed E-state index contributed by atoms with van der Waals surface area (Å²) in [5, 5.41) is 13.1. The van der Waals surface area contributed by atoms with E-state index in [2.05, 4.69) is 15.0 Å². The fraction of sp³-hybridized carbons (Fsp3) is 0.345. The molecule has 1 saturated heterocycles. The molecule has 1 aromatic heterocycles. The van der Waals surface area contributed by atoms with Crippen molar-refractivity contribution in [3.63, 3.8) is 0 Å². The molecule has 2 amide bonds. The molecule has 1 fully saturated rings. The molecule has 2 heterocycles. The minimum Gasteiger partial charge on any atom is -0.497 e. The lowest BCUT2D eigenvalue weighted by Gasteiger charge is -2.22. The van der Waals surface area contributed by atoms with Crippen LogP contribution in [-0.2, 0) is 10.4 Å². The Hall–Kier alpha value is -4.46. The molecule has 9 nitrogen and oxygen atoms in total. The Balaban J connectivity index is 1.67. The molecular formula is C29H28F5N3O6. The van der Waals surface area contributed by atoms with Crippen LogP contribution in [0.25, 0.3) is 0 Å². The van der Waals surface area contributed by atoms with E-state index in [0.29, 0.717) is 0 Å². The summed E-state index contributed by atoms with van der Waals surface area (Å²) in [4.78, 5) is 32.2. The molecule has 1 unspecified atom stereocenters. The Morgan fingerprint density at radius 3 is 2.12 bits per heavy atom. The van der Waals surface area contributed by atoms with E-state index in [9.17, 15) is 27.9 Å². The molecule has 1 aliphatic rings. The first-order valence-electron chi connectivity index (χ1n) is 12.9. The monoisotopic (exact) mass is 609 g/mol. The number of hydrogen-bond donors (Lipinski definition) is 2. The van der Waals surface area contributed by atoms with Crippen molar-refractivity contribution in [2.24, 2.45) is 5.92 Å². The third-order valence-electron chi connectivity index (χ3n) is 6.86. The Morgan fingerprint density at radius 1 is 1.00 bits per heavy atom. The number of benzene rings is 2. The first-order chi connectivity index (χ1) is 20.1. The fourth-order valence-corrected chi connectivity index (χ4v) is 4.72. The molecule has 2 aromatic carbocycles. The van der Waals surface area contributed by atoms with Gasteiger partial charge < -0.3 is 24.6 Å². The van der Waals surface area contributed by atoms with Crippen LogP contribution >= 0.6 is 0 Å². The van der Waals surface area contributed by atoms with Crippen LogP contribution in [0, 0.1) is 17.6 Å². The Bertz CT molecular complexity index is 1480. The molecule has 2 atom stereocenters. The molecule has 43 heavy (non-hydrogen) atoms. The van der Waals surface area contributed by atoms with Crippen LogP contribution in [0.4, 0.5) is 27.8 Å². The van der Waals surface area contributed by atoms with Crippen LogP contribution < -0.4 is 24.4 Å². The zero-order chi connectivity index (χ0) is 31.7.